The molecule has 0 aliphatic carbocycles. The number of tetrazole rings is 1. The van der Waals surface area contributed by atoms with Crippen molar-refractivity contribution in [3.63, 3.8) is 0 Å². The van der Waals surface area contributed by atoms with Gasteiger partial charge in [-0.3, -0.25) is 4.79 Å². The zero-order valence-corrected chi connectivity index (χ0v) is 15.3. The smallest absolute Gasteiger partial charge is 0.280 e. The molecule has 1 N–H and O–H groups in total. The fourth-order valence-electron chi connectivity index (χ4n) is 2.78. The highest BCUT2D eigenvalue weighted by Crippen LogP contribution is 2.23. The highest BCUT2D eigenvalue weighted by atomic mass is 16.5. The third kappa shape index (κ3) is 3.32. The molecule has 140 valence electrons. The summed E-state index contributed by atoms with van der Waals surface area (Å²) in [6.07, 6.45) is 1.67. The number of nitrogens with one attached hydrogen (secondary N) is 1. The predicted octanol–water partition coefficient (Wildman–Crippen LogP) is 2.32. The molecule has 0 radical (unpaired) electrons. The van der Waals surface area contributed by atoms with Crippen molar-refractivity contribution in [2.45, 2.75) is 0 Å². The highest BCUT2D eigenvalue weighted by Gasteiger charge is 2.19. The van der Waals surface area contributed by atoms with E-state index in [9.17, 15) is 4.79 Å². The summed E-state index contributed by atoms with van der Waals surface area (Å²) in [7, 11) is 3.26. The lowest BCUT2D eigenvalue weighted by Gasteiger charge is -2.06. The number of nitrogens with zero attached hydrogens (tertiary/aromatic N) is 6. The van der Waals surface area contributed by atoms with Gasteiger partial charge in [0.05, 0.1) is 19.0 Å². The topological polar surface area (TPSA) is 99.8 Å². The van der Waals surface area contributed by atoms with Gasteiger partial charge in [0.1, 0.15) is 0 Å². The van der Waals surface area contributed by atoms with Gasteiger partial charge < -0.3 is 10.1 Å². The first kappa shape index (κ1) is 17.4. The van der Waals surface area contributed by atoms with E-state index in [2.05, 4.69) is 25.9 Å². The van der Waals surface area contributed by atoms with Gasteiger partial charge in [-0.1, -0.05) is 30.3 Å². The summed E-state index contributed by atoms with van der Waals surface area (Å²) >= 11 is 0. The minimum Gasteiger partial charge on any atom is -0.493 e. The first-order valence-electron chi connectivity index (χ1n) is 8.49. The van der Waals surface area contributed by atoms with Gasteiger partial charge >= 0.3 is 0 Å². The molecule has 28 heavy (non-hydrogen) atoms. The Hall–Kier alpha value is -4.01. The Bertz CT molecular complexity index is 1120. The molecule has 0 atom stereocenters. The fraction of sp³-hybridized carbons (Fsp3) is 0.105. The standard InChI is InChI=1S/C19H17N7O2/c1-25-18(21-23-24-25)13-7-6-8-14(11-13)20-19(27)17-16(28-2)12-26(22-17)15-9-4-3-5-10-15/h3-12H,1-2H3,(H,20,27). The van der Waals surface area contributed by atoms with Crippen LogP contribution in [0, 0.1) is 0 Å². The number of hydrogen-bond donors (Lipinski definition) is 1. The number of ether oxygens (including phenoxy) is 1. The van der Waals surface area contributed by atoms with E-state index < -0.39 is 0 Å². The number of methoxy groups -OCH3 is 1. The number of aromatic nitrogens is 6. The molecule has 2 aromatic heterocycles. The molecule has 0 fully saturated rings. The second-order valence-electron chi connectivity index (χ2n) is 5.99. The van der Waals surface area contributed by atoms with E-state index in [1.165, 1.54) is 7.11 Å². The zero-order chi connectivity index (χ0) is 19.5. The Morgan fingerprint density at radius 3 is 2.64 bits per heavy atom. The summed E-state index contributed by atoms with van der Waals surface area (Å²) < 4.78 is 8.50. The van der Waals surface area contributed by atoms with Crippen LogP contribution in [0.2, 0.25) is 0 Å². The molecule has 2 heterocycles. The SMILES string of the molecule is COc1cn(-c2ccccc2)nc1C(=O)Nc1cccc(-c2nnnn2C)c1. The summed E-state index contributed by atoms with van der Waals surface area (Å²) in [4.78, 5) is 12.8. The number of para-hydroxylation sites is 1. The van der Waals surface area contributed by atoms with Gasteiger partial charge in [0.2, 0.25) is 0 Å². The van der Waals surface area contributed by atoms with E-state index in [0.29, 0.717) is 17.3 Å². The summed E-state index contributed by atoms with van der Waals surface area (Å²) in [6.45, 7) is 0. The van der Waals surface area contributed by atoms with Crippen molar-refractivity contribution in [1.82, 2.24) is 30.0 Å². The molecule has 0 saturated heterocycles. The molecule has 1 amide bonds. The summed E-state index contributed by atoms with van der Waals surface area (Å²) in [5.74, 6) is 0.608. The zero-order valence-electron chi connectivity index (χ0n) is 15.3. The van der Waals surface area contributed by atoms with Gasteiger partial charge in [-0.05, 0) is 34.7 Å². The lowest BCUT2D eigenvalue weighted by Crippen LogP contribution is -2.14. The van der Waals surface area contributed by atoms with Gasteiger partial charge in [0.25, 0.3) is 5.91 Å². The van der Waals surface area contributed by atoms with Crippen LogP contribution in [0.1, 0.15) is 10.5 Å². The lowest BCUT2D eigenvalue weighted by atomic mass is 10.2. The lowest BCUT2D eigenvalue weighted by molar-refractivity contribution is 0.101. The molecule has 0 bridgehead atoms. The number of amides is 1. The number of benzene rings is 2. The van der Waals surface area contributed by atoms with Crippen molar-refractivity contribution in [2.24, 2.45) is 7.05 Å². The van der Waals surface area contributed by atoms with Crippen molar-refractivity contribution in [3.8, 4) is 22.8 Å². The van der Waals surface area contributed by atoms with E-state index in [-0.39, 0.29) is 11.6 Å². The van der Waals surface area contributed by atoms with Crippen molar-refractivity contribution in [3.05, 3.63) is 66.5 Å². The predicted molar refractivity (Wildman–Crippen MR) is 102 cm³/mol. The van der Waals surface area contributed by atoms with Gasteiger partial charge in [0, 0.05) is 18.3 Å². The summed E-state index contributed by atoms with van der Waals surface area (Å²) in [5, 5.41) is 18.7. The Morgan fingerprint density at radius 2 is 1.93 bits per heavy atom. The van der Waals surface area contributed by atoms with Crippen LogP contribution in [-0.2, 0) is 7.05 Å². The Labute approximate surface area is 160 Å². The van der Waals surface area contributed by atoms with Crippen molar-refractivity contribution < 1.29 is 9.53 Å². The summed E-state index contributed by atoms with van der Waals surface area (Å²) in [6, 6.07) is 16.8. The Morgan fingerprint density at radius 1 is 1.11 bits per heavy atom. The molecule has 2 aromatic carbocycles. The van der Waals surface area contributed by atoms with Gasteiger partial charge in [0.15, 0.2) is 17.3 Å². The third-order valence-corrected chi connectivity index (χ3v) is 4.14. The minimum atomic E-state index is -0.375. The number of anilines is 1. The number of rotatable bonds is 5. The van der Waals surface area contributed by atoms with E-state index in [1.807, 2.05) is 42.5 Å². The molecule has 0 unspecified atom stereocenters. The van der Waals surface area contributed by atoms with Gasteiger partial charge in [-0.15, -0.1) is 5.10 Å². The molecule has 0 saturated carbocycles. The molecule has 4 rings (SSSR count). The molecule has 4 aromatic rings. The van der Waals surface area contributed by atoms with Crippen LogP contribution in [0.25, 0.3) is 17.1 Å². The second kappa shape index (κ2) is 7.31. The first-order valence-corrected chi connectivity index (χ1v) is 8.49. The Balaban J connectivity index is 1.61. The van der Waals surface area contributed by atoms with E-state index in [0.717, 1.165) is 11.3 Å². The molecule has 0 spiro atoms. The summed E-state index contributed by atoms with van der Waals surface area (Å²) in [5.41, 5.74) is 2.41. The quantitative estimate of drug-likeness (QED) is 0.575. The van der Waals surface area contributed by atoms with Crippen LogP contribution in [0.4, 0.5) is 5.69 Å². The van der Waals surface area contributed by atoms with Crippen molar-refractivity contribution >= 4 is 11.6 Å². The maximum absolute atomic E-state index is 12.8. The van der Waals surface area contributed by atoms with Crippen LogP contribution >= 0.6 is 0 Å². The molecular weight excluding hydrogens is 358 g/mol. The van der Waals surface area contributed by atoms with Crippen LogP contribution in [0.5, 0.6) is 5.75 Å². The van der Waals surface area contributed by atoms with Crippen molar-refractivity contribution in [1.29, 1.82) is 0 Å². The average molecular weight is 375 g/mol. The van der Waals surface area contributed by atoms with Crippen molar-refractivity contribution in [2.75, 3.05) is 12.4 Å². The number of carbonyl (C=O) groups excluding carboxylic acids is 1. The number of aryl methyl sites for hydroxylation is 1. The van der Waals surface area contributed by atoms with E-state index in [1.54, 1.807) is 34.7 Å². The number of carbonyl (C=O) groups is 1. The number of hydrogen-bond acceptors (Lipinski definition) is 6. The Kier molecular flexibility index (Phi) is 4.55. The fourth-order valence-corrected chi connectivity index (χ4v) is 2.78. The molecule has 0 aliphatic heterocycles. The van der Waals surface area contributed by atoms with Crippen LogP contribution in [0.3, 0.4) is 0 Å². The van der Waals surface area contributed by atoms with Gasteiger partial charge in [-0.2, -0.15) is 5.10 Å². The van der Waals surface area contributed by atoms with Gasteiger partial charge in [-0.25, -0.2) is 9.36 Å². The molecule has 9 heteroatoms. The highest BCUT2D eigenvalue weighted by molar-refractivity contribution is 6.05. The third-order valence-electron chi connectivity index (χ3n) is 4.14. The largest absolute Gasteiger partial charge is 0.493 e. The normalized spacial score (nSPS) is 10.6. The monoisotopic (exact) mass is 375 g/mol. The second-order valence-corrected chi connectivity index (χ2v) is 5.99. The average Bonchev–Trinajstić information content (AvgIpc) is 3.35. The van der Waals surface area contributed by atoms with E-state index in [4.69, 9.17) is 4.74 Å². The van der Waals surface area contributed by atoms with Crippen LogP contribution in [-0.4, -0.2) is 43.0 Å². The van der Waals surface area contributed by atoms with Crippen LogP contribution in [0.15, 0.2) is 60.8 Å². The van der Waals surface area contributed by atoms with Crippen LogP contribution < -0.4 is 10.1 Å². The van der Waals surface area contributed by atoms with E-state index >= 15 is 0 Å². The molecule has 0 aliphatic rings. The minimum absolute atomic E-state index is 0.192. The maximum Gasteiger partial charge on any atom is 0.280 e. The maximum atomic E-state index is 12.8. The molecule has 9 nitrogen and oxygen atoms in total. The first-order chi connectivity index (χ1) is 13.7. The molecular formula is C19H17N7O2.